The highest BCUT2D eigenvalue weighted by atomic mass is 32.1. The van der Waals surface area contributed by atoms with Crippen molar-refractivity contribution in [1.82, 2.24) is 4.98 Å². The number of ether oxygens (including phenoxy) is 1. The van der Waals surface area contributed by atoms with Crippen molar-refractivity contribution in [2.24, 2.45) is 11.7 Å². The maximum Gasteiger partial charge on any atom is 0.0954 e. The highest BCUT2D eigenvalue weighted by molar-refractivity contribution is 7.09. The number of thiazole rings is 1. The van der Waals surface area contributed by atoms with Gasteiger partial charge in [-0.1, -0.05) is 13.8 Å². The highest BCUT2D eigenvalue weighted by Gasteiger charge is 2.14. The predicted molar refractivity (Wildman–Crippen MR) is 64.1 cm³/mol. The van der Waals surface area contributed by atoms with Gasteiger partial charge in [0.1, 0.15) is 0 Å². The van der Waals surface area contributed by atoms with Gasteiger partial charge >= 0.3 is 0 Å². The Morgan fingerprint density at radius 3 is 2.67 bits per heavy atom. The van der Waals surface area contributed by atoms with Crippen LogP contribution in [-0.4, -0.2) is 18.2 Å². The maximum atomic E-state index is 6.03. The Bertz CT molecular complexity index is 299. The first-order valence-corrected chi connectivity index (χ1v) is 6.15. The predicted octanol–water partition coefficient (Wildman–Crippen LogP) is 2.38. The summed E-state index contributed by atoms with van der Waals surface area (Å²) in [5.74, 6) is 0.430. The molecule has 2 unspecified atom stereocenters. The van der Waals surface area contributed by atoms with Gasteiger partial charge in [-0.25, -0.2) is 4.98 Å². The van der Waals surface area contributed by atoms with E-state index < -0.39 is 0 Å². The van der Waals surface area contributed by atoms with Crippen molar-refractivity contribution in [3.8, 4) is 0 Å². The quantitative estimate of drug-likeness (QED) is 0.841. The van der Waals surface area contributed by atoms with Gasteiger partial charge < -0.3 is 10.5 Å². The van der Waals surface area contributed by atoms with Gasteiger partial charge in [0.25, 0.3) is 0 Å². The van der Waals surface area contributed by atoms with Gasteiger partial charge in [0.05, 0.1) is 22.8 Å². The van der Waals surface area contributed by atoms with Gasteiger partial charge in [-0.05, 0) is 12.8 Å². The summed E-state index contributed by atoms with van der Waals surface area (Å²) >= 11 is 1.67. The summed E-state index contributed by atoms with van der Waals surface area (Å²) in [4.78, 5) is 4.53. The van der Waals surface area contributed by atoms with E-state index in [1.54, 1.807) is 18.4 Å². The fourth-order valence-corrected chi connectivity index (χ4v) is 2.20. The highest BCUT2D eigenvalue weighted by Crippen LogP contribution is 2.21. The molecular weight excluding hydrogens is 208 g/mol. The summed E-state index contributed by atoms with van der Waals surface area (Å²) in [5, 5.41) is 3.16. The molecule has 0 saturated heterocycles. The molecule has 2 atom stereocenters. The zero-order chi connectivity index (χ0) is 11.4. The third kappa shape index (κ3) is 3.55. The lowest BCUT2D eigenvalue weighted by atomic mass is 10.0. The molecular formula is C11H20N2OS. The van der Waals surface area contributed by atoms with E-state index in [-0.39, 0.29) is 12.1 Å². The van der Waals surface area contributed by atoms with Crippen LogP contribution in [0.2, 0.25) is 0 Å². The van der Waals surface area contributed by atoms with Gasteiger partial charge in [0.2, 0.25) is 0 Å². The number of methoxy groups -OCH3 is 1. The minimum Gasteiger partial charge on any atom is -0.381 e. The molecule has 0 aliphatic heterocycles. The lowest BCUT2D eigenvalue weighted by molar-refractivity contribution is 0.118. The van der Waals surface area contributed by atoms with Crippen LogP contribution in [0.25, 0.3) is 0 Å². The van der Waals surface area contributed by atoms with Crippen LogP contribution in [0.3, 0.4) is 0 Å². The third-order valence-corrected chi connectivity index (χ3v) is 3.38. The lowest BCUT2D eigenvalue weighted by Crippen LogP contribution is -2.17. The number of rotatable bonds is 5. The summed E-state index contributed by atoms with van der Waals surface area (Å²) in [6, 6.07) is 0.0489. The Kier molecular flexibility index (Phi) is 4.70. The van der Waals surface area contributed by atoms with Crippen molar-refractivity contribution in [2.75, 3.05) is 7.11 Å². The van der Waals surface area contributed by atoms with E-state index in [0.717, 1.165) is 17.1 Å². The number of aromatic nitrogens is 1. The summed E-state index contributed by atoms with van der Waals surface area (Å²) in [7, 11) is 1.72. The minimum absolute atomic E-state index is 0.0489. The molecule has 2 N–H and O–H groups in total. The average Bonchev–Trinajstić information content (AvgIpc) is 2.64. The van der Waals surface area contributed by atoms with Crippen LogP contribution in [-0.2, 0) is 11.2 Å². The van der Waals surface area contributed by atoms with Gasteiger partial charge in [0, 0.05) is 18.9 Å². The second-order valence-electron chi connectivity index (χ2n) is 4.19. The fourth-order valence-electron chi connectivity index (χ4n) is 1.24. The smallest absolute Gasteiger partial charge is 0.0954 e. The van der Waals surface area contributed by atoms with Crippen LogP contribution in [0.1, 0.15) is 37.5 Å². The van der Waals surface area contributed by atoms with E-state index in [0.29, 0.717) is 5.92 Å². The van der Waals surface area contributed by atoms with Gasteiger partial charge in [-0.3, -0.25) is 0 Å². The SMILES string of the molecule is COC(C)Cc1nc(C(N)C(C)C)cs1. The maximum absolute atomic E-state index is 6.03. The van der Waals surface area contributed by atoms with E-state index in [1.807, 2.05) is 6.92 Å². The van der Waals surface area contributed by atoms with Gasteiger partial charge in [-0.2, -0.15) is 0 Å². The van der Waals surface area contributed by atoms with Crippen LogP contribution in [0.15, 0.2) is 5.38 Å². The monoisotopic (exact) mass is 228 g/mol. The standard InChI is InChI=1S/C11H20N2OS/c1-7(2)11(12)9-6-15-10(13-9)5-8(3)14-4/h6-8,11H,5,12H2,1-4H3. The Hall–Kier alpha value is -0.450. The molecule has 1 aromatic rings. The first-order chi connectivity index (χ1) is 7.04. The van der Waals surface area contributed by atoms with Crippen molar-refractivity contribution in [2.45, 2.75) is 39.3 Å². The third-order valence-electron chi connectivity index (χ3n) is 2.49. The largest absolute Gasteiger partial charge is 0.381 e. The molecule has 86 valence electrons. The Labute approximate surface area is 95.7 Å². The van der Waals surface area contributed by atoms with E-state index in [1.165, 1.54) is 0 Å². The van der Waals surface area contributed by atoms with Crippen LogP contribution < -0.4 is 5.73 Å². The van der Waals surface area contributed by atoms with E-state index >= 15 is 0 Å². The molecule has 0 aromatic carbocycles. The first kappa shape index (κ1) is 12.6. The van der Waals surface area contributed by atoms with Crippen LogP contribution in [0.5, 0.6) is 0 Å². The lowest BCUT2D eigenvalue weighted by Gasteiger charge is -2.12. The van der Waals surface area contributed by atoms with Crippen LogP contribution in [0.4, 0.5) is 0 Å². The molecule has 0 saturated carbocycles. The van der Waals surface area contributed by atoms with Crippen molar-refractivity contribution < 1.29 is 4.74 Å². The molecule has 0 fully saturated rings. The molecule has 4 heteroatoms. The van der Waals surface area contributed by atoms with E-state index in [9.17, 15) is 0 Å². The molecule has 0 amide bonds. The summed E-state index contributed by atoms with van der Waals surface area (Å²) < 4.78 is 5.21. The average molecular weight is 228 g/mol. The zero-order valence-electron chi connectivity index (χ0n) is 9.86. The topological polar surface area (TPSA) is 48.1 Å². The summed E-state index contributed by atoms with van der Waals surface area (Å²) in [6.45, 7) is 6.27. The molecule has 1 rings (SSSR count). The molecule has 0 bridgehead atoms. The molecule has 15 heavy (non-hydrogen) atoms. The Balaban J connectivity index is 2.63. The summed E-state index contributed by atoms with van der Waals surface area (Å²) in [6.07, 6.45) is 1.09. The first-order valence-electron chi connectivity index (χ1n) is 5.27. The van der Waals surface area contributed by atoms with Crippen molar-refractivity contribution in [3.63, 3.8) is 0 Å². The zero-order valence-corrected chi connectivity index (χ0v) is 10.7. The number of nitrogens with zero attached hydrogens (tertiary/aromatic N) is 1. The molecule has 1 aromatic heterocycles. The molecule has 0 aliphatic rings. The second-order valence-corrected chi connectivity index (χ2v) is 5.13. The number of nitrogens with two attached hydrogens (primary N) is 1. The van der Waals surface area contributed by atoms with Crippen LogP contribution >= 0.6 is 11.3 Å². The minimum atomic E-state index is 0.0489. The number of hydrogen-bond donors (Lipinski definition) is 1. The molecule has 0 radical (unpaired) electrons. The second kappa shape index (κ2) is 5.58. The van der Waals surface area contributed by atoms with Gasteiger partial charge in [-0.15, -0.1) is 11.3 Å². The van der Waals surface area contributed by atoms with E-state index in [2.05, 4.69) is 24.2 Å². The number of hydrogen-bond acceptors (Lipinski definition) is 4. The van der Waals surface area contributed by atoms with E-state index in [4.69, 9.17) is 10.5 Å². The summed E-state index contributed by atoms with van der Waals surface area (Å²) in [5.41, 5.74) is 7.04. The van der Waals surface area contributed by atoms with Gasteiger partial charge in [0.15, 0.2) is 0 Å². The Morgan fingerprint density at radius 1 is 1.47 bits per heavy atom. The fraction of sp³-hybridized carbons (Fsp3) is 0.727. The Morgan fingerprint density at radius 2 is 2.13 bits per heavy atom. The normalized spacial score (nSPS) is 15.6. The van der Waals surface area contributed by atoms with Crippen LogP contribution in [0, 0.1) is 5.92 Å². The molecule has 1 heterocycles. The molecule has 0 aliphatic carbocycles. The molecule has 0 spiro atoms. The van der Waals surface area contributed by atoms with Crippen molar-refractivity contribution in [3.05, 3.63) is 16.1 Å². The molecule has 3 nitrogen and oxygen atoms in total. The van der Waals surface area contributed by atoms with Crippen molar-refractivity contribution >= 4 is 11.3 Å². The van der Waals surface area contributed by atoms with Crippen molar-refractivity contribution in [1.29, 1.82) is 0 Å².